The first-order valence-corrected chi connectivity index (χ1v) is 11.1. The lowest BCUT2D eigenvalue weighted by molar-refractivity contribution is -0.121. The molecule has 0 unspecified atom stereocenters. The Morgan fingerprint density at radius 3 is 2.24 bits per heavy atom. The Bertz CT molecular complexity index is 772. The second-order valence-corrected chi connectivity index (χ2v) is 9.93. The van der Waals surface area contributed by atoms with Gasteiger partial charge in [0.1, 0.15) is 5.82 Å². The van der Waals surface area contributed by atoms with Gasteiger partial charge in [-0.2, -0.15) is 0 Å². The molecule has 5 fully saturated rings. The number of imide groups is 1. The second kappa shape index (κ2) is 7.38. The third-order valence-corrected chi connectivity index (χ3v) is 7.41. The molecule has 29 heavy (non-hydrogen) atoms. The fraction of sp³-hybridized carbons (Fsp3) is 0.652. The number of rotatable bonds is 6. The summed E-state index contributed by atoms with van der Waals surface area (Å²) in [7, 11) is 0. The number of nitrogens with zero attached hydrogens (tertiary/aromatic N) is 1. The van der Waals surface area contributed by atoms with Gasteiger partial charge in [0.15, 0.2) is 0 Å². The molecule has 3 amide bonds. The summed E-state index contributed by atoms with van der Waals surface area (Å²) in [6.07, 6.45) is 9.14. The normalized spacial score (nSPS) is 32.4. The third kappa shape index (κ3) is 4.18. The number of benzene rings is 1. The molecule has 0 aliphatic heterocycles. The summed E-state index contributed by atoms with van der Waals surface area (Å²) in [5, 5.41) is 5.73. The lowest BCUT2D eigenvalue weighted by Gasteiger charge is -2.56. The van der Waals surface area contributed by atoms with Gasteiger partial charge in [0.25, 0.3) is 0 Å². The van der Waals surface area contributed by atoms with Crippen LogP contribution in [0.1, 0.15) is 56.9 Å². The Hall–Kier alpha value is -1.95. The van der Waals surface area contributed by atoms with Crippen LogP contribution in [0.4, 0.5) is 9.18 Å². The van der Waals surface area contributed by atoms with Crippen LogP contribution in [-0.4, -0.2) is 35.0 Å². The molecule has 5 nitrogen and oxygen atoms in total. The van der Waals surface area contributed by atoms with Crippen LogP contribution in [-0.2, 0) is 11.3 Å². The molecule has 5 saturated carbocycles. The van der Waals surface area contributed by atoms with E-state index in [1.807, 2.05) is 11.0 Å². The second-order valence-electron chi connectivity index (χ2n) is 9.93. The SMILES string of the molecule is O=C(CN(Cc1ccccc1F)C1CC1)NC(=O)NC12CC3CC(CC(C3)C1)C2. The van der Waals surface area contributed by atoms with E-state index in [1.54, 1.807) is 12.1 Å². The van der Waals surface area contributed by atoms with E-state index >= 15 is 0 Å². The van der Waals surface area contributed by atoms with Crippen LogP contribution in [0.5, 0.6) is 0 Å². The molecule has 0 heterocycles. The number of hydrogen-bond donors (Lipinski definition) is 2. The zero-order valence-electron chi connectivity index (χ0n) is 16.8. The van der Waals surface area contributed by atoms with Gasteiger partial charge in [-0.3, -0.25) is 15.0 Å². The number of urea groups is 1. The zero-order valence-corrected chi connectivity index (χ0v) is 16.8. The number of carbonyl (C=O) groups is 2. The van der Waals surface area contributed by atoms with Crippen molar-refractivity contribution in [2.45, 2.75) is 69.5 Å². The summed E-state index contributed by atoms with van der Waals surface area (Å²) in [6, 6.07) is 6.61. The van der Waals surface area contributed by atoms with Crippen LogP contribution in [0.25, 0.3) is 0 Å². The molecule has 2 N–H and O–H groups in total. The molecule has 0 saturated heterocycles. The van der Waals surface area contributed by atoms with E-state index in [0.29, 0.717) is 18.2 Å². The first kappa shape index (κ1) is 19.0. The number of hydrogen-bond acceptors (Lipinski definition) is 3. The van der Waals surface area contributed by atoms with Crippen molar-refractivity contribution in [1.29, 1.82) is 0 Å². The quantitative estimate of drug-likeness (QED) is 0.769. The number of amides is 3. The molecule has 0 radical (unpaired) electrons. The smallest absolute Gasteiger partial charge is 0.321 e. The van der Waals surface area contributed by atoms with E-state index in [-0.39, 0.29) is 29.8 Å². The van der Waals surface area contributed by atoms with E-state index in [9.17, 15) is 14.0 Å². The predicted molar refractivity (Wildman–Crippen MR) is 107 cm³/mol. The van der Waals surface area contributed by atoms with Crippen LogP contribution in [0.2, 0.25) is 0 Å². The van der Waals surface area contributed by atoms with Gasteiger partial charge in [-0.1, -0.05) is 18.2 Å². The minimum absolute atomic E-state index is 0.109. The van der Waals surface area contributed by atoms with Gasteiger partial charge < -0.3 is 5.32 Å². The first-order valence-electron chi connectivity index (χ1n) is 11.1. The Balaban J connectivity index is 1.17. The maximum absolute atomic E-state index is 14.0. The highest BCUT2D eigenvalue weighted by molar-refractivity contribution is 5.95. The Kier molecular flexibility index (Phi) is 4.85. The summed E-state index contributed by atoms with van der Waals surface area (Å²) in [5.41, 5.74) is 0.479. The van der Waals surface area contributed by atoms with Gasteiger partial charge >= 0.3 is 6.03 Å². The number of halogens is 1. The molecule has 6 heteroatoms. The average Bonchev–Trinajstić information content (AvgIpc) is 3.46. The van der Waals surface area contributed by atoms with Crippen molar-refractivity contribution in [3.63, 3.8) is 0 Å². The van der Waals surface area contributed by atoms with E-state index in [2.05, 4.69) is 10.6 Å². The first-order chi connectivity index (χ1) is 14.0. The molecule has 5 aliphatic rings. The number of carbonyl (C=O) groups excluding carboxylic acids is 2. The van der Waals surface area contributed by atoms with Crippen molar-refractivity contribution >= 4 is 11.9 Å². The maximum atomic E-state index is 14.0. The van der Waals surface area contributed by atoms with Crippen molar-refractivity contribution in [3.05, 3.63) is 35.6 Å². The summed E-state index contributed by atoms with van der Waals surface area (Å²) in [6.45, 7) is 0.509. The third-order valence-electron chi connectivity index (χ3n) is 7.41. The van der Waals surface area contributed by atoms with Gasteiger partial charge in [-0.15, -0.1) is 0 Å². The summed E-state index contributed by atoms with van der Waals surface area (Å²) >= 11 is 0. The highest BCUT2D eigenvalue weighted by Crippen LogP contribution is 2.55. The van der Waals surface area contributed by atoms with Crippen LogP contribution < -0.4 is 10.6 Å². The molecule has 0 aromatic heterocycles. The monoisotopic (exact) mass is 399 g/mol. The summed E-state index contributed by atoms with van der Waals surface area (Å²) in [5.74, 6) is 1.66. The molecule has 1 aromatic carbocycles. The van der Waals surface area contributed by atoms with Gasteiger partial charge in [0.05, 0.1) is 6.54 Å². The van der Waals surface area contributed by atoms with Gasteiger partial charge in [-0.25, -0.2) is 9.18 Å². The fourth-order valence-electron chi connectivity index (χ4n) is 6.49. The van der Waals surface area contributed by atoms with Crippen LogP contribution in [0.3, 0.4) is 0 Å². The molecule has 4 bridgehead atoms. The van der Waals surface area contributed by atoms with Crippen molar-refractivity contribution in [1.82, 2.24) is 15.5 Å². The average molecular weight is 400 g/mol. The lowest BCUT2D eigenvalue weighted by atomic mass is 9.53. The molecular formula is C23H30FN3O2. The Labute approximate surface area is 171 Å². The molecule has 1 aromatic rings. The van der Waals surface area contributed by atoms with Crippen molar-refractivity contribution in [3.8, 4) is 0 Å². The van der Waals surface area contributed by atoms with Gasteiger partial charge in [-0.05, 0) is 75.2 Å². The molecular weight excluding hydrogens is 369 g/mol. The molecule has 5 aliphatic carbocycles. The number of nitrogens with one attached hydrogen (secondary N) is 2. The van der Waals surface area contributed by atoms with E-state index < -0.39 is 0 Å². The van der Waals surface area contributed by atoms with Crippen molar-refractivity contribution in [2.24, 2.45) is 17.8 Å². The van der Waals surface area contributed by atoms with Crippen LogP contribution >= 0.6 is 0 Å². The van der Waals surface area contributed by atoms with Crippen LogP contribution in [0.15, 0.2) is 24.3 Å². The topological polar surface area (TPSA) is 61.4 Å². The zero-order chi connectivity index (χ0) is 20.0. The van der Waals surface area contributed by atoms with E-state index in [4.69, 9.17) is 0 Å². The minimum Gasteiger partial charge on any atom is -0.332 e. The predicted octanol–water partition coefficient (Wildman–Crippen LogP) is 3.58. The Morgan fingerprint density at radius 1 is 1.03 bits per heavy atom. The summed E-state index contributed by atoms with van der Waals surface area (Å²) < 4.78 is 14.0. The van der Waals surface area contributed by atoms with E-state index in [1.165, 1.54) is 25.3 Å². The minimum atomic E-state index is -0.362. The standard InChI is InChI=1S/C23H30FN3O2/c24-20-4-2-1-3-18(20)13-27(19-5-6-19)14-21(28)25-22(29)26-23-10-15-7-16(11-23)9-17(8-15)12-23/h1-4,15-17,19H,5-14H2,(H2,25,26,28,29). The van der Waals surface area contributed by atoms with Crippen molar-refractivity contribution < 1.29 is 14.0 Å². The Morgan fingerprint density at radius 2 is 1.66 bits per heavy atom. The highest BCUT2D eigenvalue weighted by atomic mass is 19.1. The fourth-order valence-corrected chi connectivity index (χ4v) is 6.49. The molecule has 0 spiro atoms. The summed E-state index contributed by atoms with van der Waals surface area (Å²) in [4.78, 5) is 27.1. The largest absolute Gasteiger partial charge is 0.332 e. The van der Waals surface area contributed by atoms with Crippen molar-refractivity contribution in [2.75, 3.05) is 6.54 Å². The molecule has 156 valence electrons. The lowest BCUT2D eigenvalue weighted by Crippen LogP contribution is -2.62. The van der Waals surface area contributed by atoms with E-state index in [0.717, 1.165) is 49.9 Å². The highest BCUT2D eigenvalue weighted by Gasteiger charge is 2.51. The van der Waals surface area contributed by atoms with Crippen LogP contribution in [0, 0.1) is 23.6 Å². The maximum Gasteiger partial charge on any atom is 0.321 e. The molecule has 6 rings (SSSR count). The van der Waals surface area contributed by atoms with Gasteiger partial charge in [0, 0.05) is 23.7 Å². The molecule has 0 atom stereocenters. The van der Waals surface area contributed by atoms with Gasteiger partial charge in [0.2, 0.25) is 5.91 Å².